The fourth-order valence-corrected chi connectivity index (χ4v) is 1.90. The number of hydrogen-bond donors (Lipinski definition) is 1. The molecule has 0 spiro atoms. The molecule has 0 aromatic carbocycles. The summed E-state index contributed by atoms with van der Waals surface area (Å²) in [6.07, 6.45) is 3.16. The number of ketones is 1. The number of rotatable bonds is 4. The minimum absolute atomic E-state index is 0.144. The van der Waals surface area contributed by atoms with Crippen LogP contribution in [0.2, 0.25) is 0 Å². The Morgan fingerprint density at radius 1 is 1.67 bits per heavy atom. The zero-order chi connectivity index (χ0) is 8.97. The van der Waals surface area contributed by atoms with Gasteiger partial charge in [-0.05, 0) is 23.8 Å². The smallest absolute Gasteiger partial charge is 0.303 e. The third-order valence-electron chi connectivity index (χ3n) is 1.54. The highest BCUT2D eigenvalue weighted by Crippen LogP contribution is 2.26. The van der Waals surface area contributed by atoms with Crippen LogP contribution in [0.3, 0.4) is 0 Å². The van der Waals surface area contributed by atoms with Gasteiger partial charge < -0.3 is 5.11 Å². The van der Waals surface area contributed by atoms with Crippen LogP contribution in [-0.4, -0.2) is 22.6 Å². The van der Waals surface area contributed by atoms with Crippen molar-refractivity contribution in [3.63, 3.8) is 0 Å². The number of hydrogen-bond acceptors (Lipinski definition) is 3. The summed E-state index contributed by atoms with van der Waals surface area (Å²) in [5, 5.41) is 8.35. The van der Waals surface area contributed by atoms with Crippen molar-refractivity contribution in [2.24, 2.45) is 0 Å². The van der Waals surface area contributed by atoms with Crippen LogP contribution in [0.5, 0.6) is 0 Å². The standard InChI is InChI=1S/C8H10O3S/c9-6-4-7(12-5-6)2-1-3-8(10)11/h4H,1-3,5H2,(H,10,11). The molecule has 0 unspecified atom stereocenters. The molecule has 0 atom stereocenters. The molecule has 1 aliphatic rings. The fourth-order valence-electron chi connectivity index (χ4n) is 0.985. The van der Waals surface area contributed by atoms with Crippen molar-refractivity contribution < 1.29 is 14.7 Å². The van der Waals surface area contributed by atoms with Crippen molar-refractivity contribution in [3.05, 3.63) is 11.0 Å². The van der Waals surface area contributed by atoms with Gasteiger partial charge in [0.2, 0.25) is 0 Å². The minimum Gasteiger partial charge on any atom is -0.481 e. The number of carboxylic acids is 1. The Hall–Kier alpha value is -0.770. The SMILES string of the molecule is O=C(O)CCCC1=CC(=O)CS1. The van der Waals surface area contributed by atoms with Crippen molar-refractivity contribution in [2.75, 3.05) is 5.75 Å². The molecule has 0 radical (unpaired) electrons. The van der Waals surface area contributed by atoms with E-state index in [1.165, 1.54) is 11.8 Å². The molecule has 0 aromatic heterocycles. The Morgan fingerprint density at radius 3 is 2.92 bits per heavy atom. The van der Waals surface area contributed by atoms with Crippen molar-refractivity contribution in [3.8, 4) is 0 Å². The first-order valence-electron chi connectivity index (χ1n) is 3.76. The van der Waals surface area contributed by atoms with Crippen LogP contribution < -0.4 is 0 Å². The molecule has 0 aromatic rings. The summed E-state index contributed by atoms with van der Waals surface area (Å²) in [5.41, 5.74) is 0. The zero-order valence-corrected chi connectivity index (χ0v) is 7.39. The average molecular weight is 186 g/mol. The lowest BCUT2D eigenvalue weighted by Crippen LogP contribution is -1.93. The van der Waals surface area contributed by atoms with Crippen molar-refractivity contribution in [1.82, 2.24) is 0 Å². The van der Waals surface area contributed by atoms with Gasteiger partial charge in [0.1, 0.15) is 0 Å². The molecule has 0 saturated carbocycles. The number of allylic oxidation sites excluding steroid dienone is 2. The van der Waals surface area contributed by atoms with Gasteiger partial charge in [0, 0.05) is 6.42 Å². The first kappa shape index (κ1) is 9.32. The summed E-state index contributed by atoms with van der Waals surface area (Å²) in [4.78, 5) is 21.9. The van der Waals surface area contributed by atoms with Gasteiger partial charge in [0.15, 0.2) is 5.78 Å². The second-order valence-corrected chi connectivity index (χ2v) is 3.71. The maximum atomic E-state index is 10.7. The summed E-state index contributed by atoms with van der Waals surface area (Å²) in [6.45, 7) is 0. The molecule has 66 valence electrons. The molecule has 1 rings (SSSR count). The Kier molecular flexibility index (Phi) is 3.34. The maximum Gasteiger partial charge on any atom is 0.303 e. The van der Waals surface area contributed by atoms with Crippen LogP contribution >= 0.6 is 11.8 Å². The Balaban J connectivity index is 2.20. The van der Waals surface area contributed by atoms with Gasteiger partial charge >= 0.3 is 5.97 Å². The second kappa shape index (κ2) is 4.30. The Morgan fingerprint density at radius 2 is 2.42 bits per heavy atom. The largest absolute Gasteiger partial charge is 0.481 e. The highest BCUT2D eigenvalue weighted by molar-refractivity contribution is 8.04. The highest BCUT2D eigenvalue weighted by atomic mass is 32.2. The molecule has 0 fully saturated rings. The third-order valence-corrected chi connectivity index (χ3v) is 2.66. The summed E-state index contributed by atoms with van der Waals surface area (Å²) < 4.78 is 0. The van der Waals surface area contributed by atoms with Crippen molar-refractivity contribution in [2.45, 2.75) is 19.3 Å². The van der Waals surface area contributed by atoms with E-state index in [4.69, 9.17) is 5.11 Å². The summed E-state index contributed by atoms with van der Waals surface area (Å²) in [6, 6.07) is 0. The normalized spacial score (nSPS) is 16.3. The van der Waals surface area contributed by atoms with Gasteiger partial charge in [-0.2, -0.15) is 0 Å². The van der Waals surface area contributed by atoms with Gasteiger partial charge in [-0.3, -0.25) is 9.59 Å². The van der Waals surface area contributed by atoms with Crippen LogP contribution in [0.4, 0.5) is 0 Å². The second-order valence-electron chi connectivity index (χ2n) is 2.61. The molecule has 1 N–H and O–H groups in total. The zero-order valence-electron chi connectivity index (χ0n) is 6.58. The molecular weight excluding hydrogens is 176 g/mol. The Labute approximate surface area is 74.8 Å². The maximum absolute atomic E-state index is 10.7. The number of carbonyl (C=O) groups excluding carboxylic acids is 1. The van der Waals surface area contributed by atoms with E-state index in [1.807, 2.05) is 0 Å². The average Bonchev–Trinajstić information content (AvgIpc) is 2.35. The lowest BCUT2D eigenvalue weighted by atomic mass is 10.2. The van der Waals surface area contributed by atoms with Crippen LogP contribution in [0.15, 0.2) is 11.0 Å². The molecule has 0 bridgehead atoms. The van der Waals surface area contributed by atoms with E-state index >= 15 is 0 Å². The number of thioether (sulfide) groups is 1. The number of carboxylic acid groups (broad SMARTS) is 1. The molecule has 3 nitrogen and oxygen atoms in total. The van der Waals surface area contributed by atoms with E-state index in [2.05, 4.69) is 0 Å². The van der Waals surface area contributed by atoms with Gasteiger partial charge in [-0.15, -0.1) is 11.8 Å². The molecule has 4 heteroatoms. The van der Waals surface area contributed by atoms with Gasteiger partial charge in [-0.25, -0.2) is 0 Å². The van der Waals surface area contributed by atoms with Gasteiger partial charge in [0.25, 0.3) is 0 Å². The van der Waals surface area contributed by atoms with Crippen LogP contribution in [0.25, 0.3) is 0 Å². The minimum atomic E-state index is -0.773. The van der Waals surface area contributed by atoms with Gasteiger partial charge in [-0.1, -0.05) is 0 Å². The van der Waals surface area contributed by atoms with E-state index in [0.717, 1.165) is 11.3 Å². The monoisotopic (exact) mass is 186 g/mol. The van der Waals surface area contributed by atoms with Crippen molar-refractivity contribution in [1.29, 1.82) is 0 Å². The fraction of sp³-hybridized carbons (Fsp3) is 0.500. The predicted octanol–water partition coefficient (Wildman–Crippen LogP) is 1.44. The summed E-state index contributed by atoms with van der Waals surface area (Å²) in [7, 11) is 0. The topological polar surface area (TPSA) is 54.4 Å². The highest BCUT2D eigenvalue weighted by Gasteiger charge is 2.12. The molecule has 0 aliphatic carbocycles. The lowest BCUT2D eigenvalue weighted by molar-refractivity contribution is -0.137. The molecule has 0 amide bonds. The molecule has 1 aliphatic heterocycles. The van der Waals surface area contributed by atoms with E-state index < -0.39 is 5.97 Å². The van der Waals surface area contributed by atoms with Gasteiger partial charge in [0.05, 0.1) is 5.75 Å². The molecule has 1 heterocycles. The third kappa shape index (κ3) is 3.09. The van der Waals surface area contributed by atoms with E-state index in [0.29, 0.717) is 12.2 Å². The molecule has 12 heavy (non-hydrogen) atoms. The first-order chi connectivity index (χ1) is 5.68. The summed E-state index contributed by atoms with van der Waals surface area (Å²) >= 11 is 1.52. The number of aliphatic carboxylic acids is 1. The van der Waals surface area contributed by atoms with Crippen LogP contribution in [0, 0.1) is 0 Å². The van der Waals surface area contributed by atoms with E-state index in [9.17, 15) is 9.59 Å². The molecule has 0 saturated heterocycles. The van der Waals surface area contributed by atoms with Crippen LogP contribution in [0.1, 0.15) is 19.3 Å². The number of carbonyl (C=O) groups is 2. The van der Waals surface area contributed by atoms with Crippen LogP contribution in [-0.2, 0) is 9.59 Å². The summed E-state index contributed by atoms with van der Waals surface area (Å²) in [5.74, 6) is -0.0992. The van der Waals surface area contributed by atoms with E-state index in [-0.39, 0.29) is 12.2 Å². The van der Waals surface area contributed by atoms with E-state index in [1.54, 1.807) is 6.08 Å². The molecular formula is C8H10O3S. The van der Waals surface area contributed by atoms with Crippen molar-refractivity contribution >= 4 is 23.5 Å². The first-order valence-corrected chi connectivity index (χ1v) is 4.75. The quantitative estimate of drug-likeness (QED) is 0.721. The predicted molar refractivity (Wildman–Crippen MR) is 47.0 cm³/mol. The Bertz CT molecular complexity index is 232. The lowest BCUT2D eigenvalue weighted by Gasteiger charge is -1.96.